The van der Waals surface area contributed by atoms with Crippen molar-refractivity contribution in [3.8, 4) is 0 Å². The zero-order valence-electron chi connectivity index (χ0n) is 8.84. The maximum atomic E-state index is 10.8. The van der Waals surface area contributed by atoms with Gasteiger partial charge in [0.05, 0.1) is 0 Å². The van der Waals surface area contributed by atoms with Gasteiger partial charge in [0.1, 0.15) is 6.10 Å². The highest BCUT2D eigenvalue weighted by Gasteiger charge is 2.24. The van der Waals surface area contributed by atoms with Crippen LogP contribution >= 0.6 is 0 Å². The summed E-state index contributed by atoms with van der Waals surface area (Å²) in [7, 11) is 0. The first-order chi connectivity index (χ1) is 6.75. The first kappa shape index (κ1) is 9.75. The number of carbonyl (C=O) groups excluding carboxylic acids is 1. The van der Waals surface area contributed by atoms with E-state index in [0.29, 0.717) is 0 Å². The topological polar surface area (TPSA) is 26.3 Å². The Morgan fingerprint density at radius 3 is 2.64 bits per heavy atom. The molecule has 1 unspecified atom stereocenters. The van der Waals surface area contributed by atoms with Crippen LogP contribution in [0, 0.1) is 0 Å². The quantitative estimate of drug-likeness (QED) is 0.474. The van der Waals surface area contributed by atoms with Crippen molar-refractivity contribution < 1.29 is 9.53 Å². The SMILES string of the molecule is CC(=O)OC1CCC2=C(CCCC2)C1. The van der Waals surface area contributed by atoms with Gasteiger partial charge in [0.2, 0.25) is 0 Å². The minimum atomic E-state index is -0.130. The fourth-order valence-electron chi connectivity index (χ4n) is 2.63. The molecule has 0 amide bonds. The van der Waals surface area contributed by atoms with E-state index >= 15 is 0 Å². The molecule has 0 radical (unpaired) electrons. The van der Waals surface area contributed by atoms with Crippen molar-refractivity contribution in [3.63, 3.8) is 0 Å². The van der Waals surface area contributed by atoms with Gasteiger partial charge in [-0.05, 0) is 38.5 Å². The highest BCUT2D eigenvalue weighted by Crippen LogP contribution is 2.36. The number of carbonyl (C=O) groups is 1. The Bertz CT molecular complexity index is 265. The molecule has 78 valence electrons. The van der Waals surface area contributed by atoms with Crippen molar-refractivity contribution in [3.05, 3.63) is 11.1 Å². The van der Waals surface area contributed by atoms with Crippen LogP contribution in [0.1, 0.15) is 51.9 Å². The normalized spacial score (nSPS) is 27.1. The lowest BCUT2D eigenvalue weighted by atomic mass is 9.81. The molecule has 0 aromatic heterocycles. The molecule has 2 nitrogen and oxygen atoms in total. The molecule has 0 N–H and O–H groups in total. The van der Waals surface area contributed by atoms with Crippen LogP contribution in [-0.2, 0) is 9.53 Å². The summed E-state index contributed by atoms with van der Waals surface area (Å²) in [5.74, 6) is -0.130. The van der Waals surface area contributed by atoms with Gasteiger partial charge in [0.25, 0.3) is 0 Å². The van der Waals surface area contributed by atoms with E-state index in [1.54, 1.807) is 11.1 Å². The standard InChI is InChI=1S/C12H18O2/c1-9(13)14-12-7-6-10-4-2-3-5-11(10)8-12/h12H,2-8H2,1H3. The second-order valence-corrected chi connectivity index (χ2v) is 4.39. The van der Waals surface area contributed by atoms with Gasteiger partial charge in [0, 0.05) is 13.3 Å². The summed E-state index contributed by atoms with van der Waals surface area (Å²) in [5.41, 5.74) is 3.26. The third kappa shape index (κ3) is 2.17. The Morgan fingerprint density at radius 2 is 1.93 bits per heavy atom. The molecule has 0 heterocycles. The molecule has 2 rings (SSSR count). The van der Waals surface area contributed by atoms with Crippen LogP contribution in [-0.4, -0.2) is 12.1 Å². The van der Waals surface area contributed by atoms with Crippen molar-refractivity contribution in [1.82, 2.24) is 0 Å². The first-order valence-electron chi connectivity index (χ1n) is 5.62. The Hall–Kier alpha value is -0.790. The molecule has 1 atom stereocenters. The van der Waals surface area contributed by atoms with Crippen LogP contribution in [0.3, 0.4) is 0 Å². The van der Waals surface area contributed by atoms with Crippen LogP contribution in [0.4, 0.5) is 0 Å². The van der Waals surface area contributed by atoms with E-state index in [2.05, 4.69) is 0 Å². The number of ether oxygens (including phenoxy) is 1. The van der Waals surface area contributed by atoms with Crippen molar-refractivity contribution in [2.45, 2.75) is 58.0 Å². The van der Waals surface area contributed by atoms with E-state index < -0.39 is 0 Å². The van der Waals surface area contributed by atoms with Crippen LogP contribution in [0.5, 0.6) is 0 Å². The Kier molecular flexibility index (Phi) is 2.90. The van der Waals surface area contributed by atoms with Gasteiger partial charge in [-0.2, -0.15) is 0 Å². The van der Waals surface area contributed by atoms with Crippen molar-refractivity contribution in [2.75, 3.05) is 0 Å². The predicted molar refractivity (Wildman–Crippen MR) is 54.9 cm³/mol. The van der Waals surface area contributed by atoms with E-state index in [0.717, 1.165) is 19.3 Å². The smallest absolute Gasteiger partial charge is 0.302 e. The lowest BCUT2D eigenvalue weighted by Gasteiger charge is -2.29. The maximum Gasteiger partial charge on any atom is 0.302 e. The zero-order chi connectivity index (χ0) is 9.97. The molecule has 0 saturated carbocycles. The summed E-state index contributed by atoms with van der Waals surface area (Å²) < 4.78 is 5.27. The Labute approximate surface area is 85.3 Å². The first-order valence-corrected chi connectivity index (χ1v) is 5.62. The molecule has 0 bridgehead atoms. The Balaban J connectivity index is 1.97. The summed E-state index contributed by atoms with van der Waals surface area (Å²) in [6, 6.07) is 0. The molecular weight excluding hydrogens is 176 g/mol. The van der Waals surface area contributed by atoms with E-state index in [1.165, 1.54) is 32.6 Å². The largest absolute Gasteiger partial charge is 0.462 e. The average molecular weight is 194 g/mol. The van der Waals surface area contributed by atoms with Gasteiger partial charge in [-0.15, -0.1) is 0 Å². The molecule has 14 heavy (non-hydrogen) atoms. The fraction of sp³-hybridized carbons (Fsp3) is 0.750. The minimum Gasteiger partial charge on any atom is -0.462 e. The van der Waals surface area contributed by atoms with Gasteiger partial charge >= 0.3 is 5.97 Å². The second kappa shape index (κ2) is 4.16. The van der Waals surface area contributed by atoms with E-state index in [9.17, 15) is 4.79 Å². The van der Waals surface area contributed by atoms with Crippen molar-refractivity contribution >= 4 is 5.97 Å². The number of hydrogen-bond acceptors (Lipinski definition) is 2. The van der Waals surface area contributed by atoms with Crippen LogP contribution in [0.15, 0.2) is 11.1 Å². The van der Waals surface area contributed by atoms with Crippen LogP contribution in [0.2, 0.25) is 0 Å². The fourth-order valence-corrected chi connectivity index (χ4v) is 2.63. The van der Waals surface area contributed by atoms with Gasteiger partial charge in [-0.25, -0.2) is 0 Å². The average Bonchev–Trinajstić information content (AvgIpc) is 2.17. The van der Waals surface area contributed by atoms with Gasteiger partial charge in [-0.3, -0.25) is 4.79 Å². The summed E-state index contributed by atoms with van der Waals surface area (Å²) >= 11 is 0. The minimum absolute atomic E-state index is 0.130. The summed E-state index contributed by atoms with van der Waals surface area (Å²) in [6.45, 7) is 1.50. The molecule has 0 spiro atoms. The monoisotopic (exact) mass is 194 g/mol. The van der Waals surface area contributed by atoms with Crippen molar-refractivity contribution in [2.24, 2.45) is 0 Å². The van der Waals surface area contributed by atoms with E-state index in [-0.39, 0.29) is 12.1 Å². The molecule has 0 saturated heterocycles. The molecule has 0 aliphatic heterocycles. The third-order valence-electron chi connectivity index (χ3n) is 3.28. The van der Waals surface area contributed by atoms with Gasteiger partial charge < -0.3 is 4.74 Å². The lowest BCUT2D eigenvalue weighted by molar-refractivity contribution is -0.146. The predicted octanol–water partition coefficient (Wildman–Crippen LogP) is 2.97. The number of hydrogen-bond donors (Lipinski definition) is 0. The van der Waals surface area contributed by atoms with E-state index in [4.69, 9.17) is 4.74 Å². The van der Waals surface area contributed by atoms with Crippen molar-refractivity contribution in [1.29, 1.82) is 0 Å². The highest BCUT2D eigenvalue weighted by molar-refractivity contribution is 5.66. The van der Waals surface area contributed by atoms with Crippen LogP contribution in [0.25, 0.3) is 0 Å². The third-order valence-corrected chi connectivity index (χ3v) is 3.28. The molecule has 2 aliphatic rings. The molecule has 0 aromatic carbocycles. The lowest BCUT2D eigenvalue weighted by Crippen LogP contribution is -2.22. The Morgan fingerprint density at radius 1 is 1.21 bits per heavy atom. The van der Waals surface area contributed by atoms with E-state index in [1.807, 2.05) is 0 Å². The molecule has 0 fully saturated rings. The van der Waals surface area contributed by atoms with Gasteiger partial charge in [-0.1, -0.05) is 11.1 Å². The van der Waals surface area contributed by atoms with Crippen LogP contribution < -0.4 is 0 Å². The number of esters is 1. The molecule has 0 aromatic rings. The molecule has 2 aliphatic carbocycles. The number of rotatable bonds is 1. The maximum absolute atomic E-state index is 10.8. The summed E-state index contributed by atoms with van der Waals surface area (Å²) in [5, 5.41) is 0. The molecule has 2 heteroatoms. The highest BCUT2D eigenvalue weighted by atomic mass is 16.5. The van der Waals surface area contributed by atoms with Gasteiger partial charge in [0.15, 0.2) is 0 Å². The second-order valence-electron chi connectivity index (χ2n) is 4.39. The summed E-state index contributed by atoms with van der Waals surface area (Å²) in [4.78, 5) is 10.8. The zero-order valence-corrected chi connectivity index (χ0v) is 8.84. The molecular formula is C12H18O2. The number of allylic oxidation sites excluding steroid dienone is 1. The summed E-state index contributed by atoms with van der Waals surface area (Å²) in [6.07, 6.45) is 8.60.